The molecular formula is C11H13BrN2O. The predicted molar refractivity (Wildman–Crippen MR) is 62.8 cm³/mol. The minimum atomic E-state index is 0.0792. The fourth-order valence-corrected chi connectivity index (χ4v) is 2.05. The van der Waals surface area contributed by atoms with Gasteiger partial charge in [0.25, 0.3) is 5.91 Å². The quantitative estimate of drug-likeness (QED) is 0.840. The maximum absolute atomic E-state index is 12.0. The zero-order valence-electron chi connectivity index (χ0n) is 8.53. The number of carbonyl (C=O) groups excluding carboxylic acids is 1. The van der Waals surface area contributed by atoms with Crippen molar-refractivity contribution >= 4 is 21.8 Å². The van der Waals surface area contributed by atoms with Crippen LogP contribution in [0.15, 0.2) is 22.7 Å². The minimum Gasteiger partial charge on any atom is -0.335 e. The van der Waals surface area contributed by atoms with E-state index in [-0.39, 0.29) is 11.9 Å². The first-order chi connectivity index (χ1) is 7.09. The zero-order valence-corrected chi connectivity index (χ0v) is 10.1. The van der Waals surface area contributed by atoms with Crippen LogP contribution in [0.5, 0.6) is 0 Å². The number of benzene rings is 1. The number of nitrogens with two attached hydrogens (primary N) is 1. The Morgan fingerprint density at radius 2 is 2.20 bits per heavy atom. The molecule has 1 aromatic carbocycles. The number of hydrogen-bond donors (Lipinski definition) is 1. The normalized spacial score (nSPS) is 16.3. The molecule has 0 radical (unpaired) electrons. The van der Waals surface area contributed by atoms with Crippen LogP contribution >= 0.6 is 15.9 Å². The molecule has 3 nitrogen and oxygen atoms in total. The Hall–Kier alpha value is -0.870. The highest BCUT2D eigenvalue weighted by Gasteiger charge is 2.29. The summed E-state index contributed by atoms with van der Waals surface area (Å²) in [5.74, 6) is 0.0792. The lowest BCUT2D eigenvalue weighted by Gasteiger charge is -2.37. The van der Waals surface area contributed by atoms with Gasteiger partial charge in [0, 0.05) is 29.2 Å². The van der Waals surface area contributed by atoms with Crippen LogP contribution in [0.2, 0.25) is 0 Å². The van der Waals surface area contributed by atoms with Gasteiger partial charge in [-0.2, -0.15) is 0 Å². The second kappa shape index (κ2) is 3.94. The summed E-state index contributed by atoms with van der Waals surface area (Å²) in [6.45, 7) is 3.28. The second-order valence-corrected chi connectivity index (χ2v) is 4.74. The lowest BCUT2D eigenvalue weighted by Crippen LogP contribution is -2.57. The Balaban J connectivity index is 2.22. The van der Waals surface area contributed by atoms with Gasteiger partial charge < -0.3 is 10.6 Å². The minimum absolute atomic E-state index is 0.0792. The predicted octanol–water partition coefficient (Wildman–Crippen LogP) is 1.54. The van der Waals surface area contributed by atoms with Crippen LogP contribution in [-0.2, 0) is 0 Å². The molecule has 1 aromatic rings. The molecule has 15 heavy (non-hydrogen) atoms. The molecule has 0 saturated carbocycles. The van der Waals surface area contributed by atoms with Crippen LogP contribution in [0.25, 0.3) is 0 Å². The number of amides is 1. The summed E-state index contributed by atoms with van der Waals surface area (Å²) in [5.41, 5.74) is 7.40. The molecule has 1 aliphatic rings. The van der Waals surface area contributed by atoms with Crippen molar-refractivity contribution in [2.45, 2.75) is 13.0 Å². The monoisotopic (exact) mass is 268 g/mol. The molecule has 80 valence electrons. The molecule has 4 heteroatoms. The van der Waals surface area contributed by atoms with Gasteiger partial charge >= 0.3 is 0 Å². The molecule has 1 aliphatic heterocycles. The summed E-state index contributed by atoms with van der Waals surface area (Å²) >= 11 is 3.42. The van der Waals surface area contributed by atoms with Gasteiger partial charge in [-0.25, -0.2) is 0 Å². The van der Waals surface area contributed by atoms with Crippen molar-refractivity contribution < 1.29 is 4.79 Å². The van der Waals surface area contributed by atoms with Gasteiger partial charge in [-0.3, -0.25) is 4.79 Å². The van der Waals surface area contributed by atoms with E-state index >= 15 is 0 Å². The lowest BCUT2D eigenvalue weighted by atomic mass is 10.0. The van der Waals surface area contributed by atoms with Crippen LogP contribution in [0.4, 0.5) is 0 Å². The summed E-state index contributed by atoms with van der Waals surface area (Å²) in [7, 11) is 0. The Bertz CT molecular complexity index is 400. The van der Waals surface area contributed by atoms with Crippen LogP contribution in [0.1, 0.15) is 15.9 Å². The average Bonchev–Trinajstić information content (AvgIpc) is 2.16. The van der Waals surface area contributed by atoms with E-state index in [4.69, 9.17) is 5.73 Å². The van der Waals surface area contributed by atoms with Crippen molar-refractivity contribution in [3.8, 4) is 0 Å². The van der Waals surface area contributed by atoms with E-state index in [0.29, 0.717) is 13.1 Å². The molecule has 0 aliphatic carbocycles. The molecule has 2 rings (SSSR count). The third-order valence-corrected chi connectivity index (χ3v) is 3.55. The third kappa shape index (κ3) is 1.92. The molecule has 0 unspecified atom stereocenters. The molecule has 1 amide bonds. The van der Waals surface area contributed by atoms with Gasteiger partial charge in [0.15, 0.2) is 0 Å². The highest BCUT2D eigenvalue weighted by Crippen LogP contribution is 2.22. The Morgan fingerprint density at radius 3 is 2.80 bits per heavy atom. The summed E-state index contributed by atoms with van der Waals surface area (Å²) < 4.78 is 0.971. The van der Waals surface area contributed by atoms with Gasteiger partial charge in [0.05, 0.1) is 0 Å². The zero-order chi connectivity index (χ0) is 11.0. The number of likely N-dealkylation sites (tertiary alicyclic amines) is 1. The van der Waals surface area contributed by atoms with E-state index < -0.39 is 0 Å². The molecule has 2 N–H and O–H groups in total. The Morgan fingerprint density at radius 1 is 1.53 bits per heavy atom. The van der Waals surface area contributed by atoms with Gasteiger partial charge in [0.2, 0.25) is 0 Å². The number of carbonyl (C=O) groups is 1. The molecule has 0 atom stereocenters. The van der Waals surface area contributed by atoms with Crippen molar-refractivity contribution in [3.63, 3.8) is 0 Å². The van der Waals surface area contributed by atoms with Gasteiger partial charge in [-0.05, 0) is 24.6 Å². The first-order valence-electron chi connectivity index (χ1n) is 4.89. The molecule has 0 aromatic heterocycles. The number of halogens is 1. The van der Waals surface area contributed by atoms with E-state index in [1.54, 1.807) is 4.90 Å². The van der Waals surface area contributed by atoms with Crippen LogP contribution in [0, 0.1) is 6.92 Å². The summed E-state index contributed by atoms with van der Waals surface area (Å²) in [4.78, 5) is 13.8. The fraction of sp³-hybridized carbons (Fsp3) is 0.364. The van der Waals surface area contributed by atoms with Crippen LogP contribution < -0.4 is 5.73 Å². The van der Waals surface area contributed by atoms with Crippen molar-refractivity contribution in [1.29, 1.82) is 0 Å². The molecule has 1 saturated heterocycles. The molecule has 1 heterocycles. The number of rotatable bonds is 1. The lowest BCUT2D eigenvalue weighted by molar-refractivity contribution is 0.0607. The Labute approximate surface area is 97.4 Å². The maximum atomic E-state index is 12.0. The topological polar surface area (TPSA) is 46.3 Å². The second-order valence-electron chi connectivity index (χ2n) is 3.88. The maximum Gasteiger partial charge on any atom is 0.254 e. The molecule has 1 fully saturated rings. The largest absolute Gasteiger partial charge is 0.335 e. The van der Waals surface area contributed by atoms with E-state index in [2.05, 4.69) is 15.9 Å². The molecule has 0 spiro atoms. The highest BCUT2D eigenvalue weighted by atomic mass is 79.9. The van der Waals surface area contributed by atoms with Crippen molar-refractivity contribution in [2.24, 2.45) is 5.73 Å². The standard InChI is InChI=1S/C11H13BrN2O/c1-7-9(3-2-4-10(7)12)11(15)14-5-8(13)6-14/h2-4,8H,5-6,13H2,1H3. The smallest absolute Gasteiger partial charge is 0.254 e. The van der Waals surface area contributed by atoms with E-state index in [1.165, 1.54) is 0 Å². The number of nitrogens with zero attached hydrogens (tertiary/aromatic N) is 1. The van der Waals surface area contributed by atoms with Crippen LogP contribution in [-0.4, -0.2) is 29.9 Å². The van der Waals surface area contributed by atoms with Crippen molar-refractivity contribution in [2.75, 3.05) is 13.1 Å². The third-order valence-electron chi connectivity index (χ3n) is 2.70. The van der Waals surface area contributed by atoms with Crippen molar-refractivity contribution in [3.05, 3.63) is 33.8 Å². The first kappa shape index (κ1) is 10.6. The fourth-order valence-electron chi connectivity index (χ4n) is 1.69. The van der Waals surface area contributed by atoms with Gasteiger partial charge in [0.1, 0.15) is 0 Å². The van der Waals surface area contributed by atoms with Gasteiger partial charge in [-0.15, -0.1) is 0 Å². The SMILES string of the molecule is Cc1c(Br)cccc1C(=O)N1CC(N)C1. The molecular weight excluding hydrogens is 256 g/mol. The first-order valence-corrected chi connectivity index (χ1v) is 5.69. The van der Waals surface area contributed by atoms with Crippen molar-refractivity contribution in [1.82, 2.24) is 4.90 Å². The summed E-state index contributed by atoms with van der Waals surface area (Å²) in [5, 5.41) is 0. The van der Waals surface area contributed by atoms with E-state index in [0.717, 1.165) is 15.6 Å². The highest BCUT2D eigenvalue weighted by molar-refractivity contribution is 9.10. The van der Waals surface area contributed by atoms with Gasteiger partial charge in [-0.1, -0.05) is 22.0 Å². The average molecular weight is 269 g/mol. The summed E-state index contributed by atoms with van der Waals surface area (Å²) in [6.07, 6.45) is 0. The van der Waals surface area contributed by atoms with E-state index in [9.17, 15) is 4.79 Å². The van der Waals surface area contributed by atoms with Crippen LogP contribution in [0.3, 0.4) is 0 Å². The molecule has 0 bridgehead atoms. The summed E-state index contributed by atoms with van der Waals surface area (Å²) in [6, 6.07) is 5.82. The van der Waals surface area contributed by atoms with E-state index in [1.807, 2.05) is 25.1 Å². The number of hydrogen-bond acceptors (Lipinski definition) is 2. The Kier molecular flexibility index (Phi) is 2.80.